The second-order valence-corrected chi connectivity index (χ2v) is 6.03. The number of nitrogens with two attached hydrogens (primary N) is 1. The molecule has 1 aliphatic rings. The minimum Gasteiger partial charge on any atom is -0.478 e. The largest absolute Gasteiger partial charge is 0.478 e. The summed E-state index contributed by atoms with van der Waals surface area (Å²) in [5.41, 5.74) is 7.46. The quantitative estimate of drug-likeness (QED) is 0.884. The van der Waals surface area contributed by atoms with Gasteiger partial charge in [-0.1, -0.05) is 32.0 Å². The van der Waals surface area contributed by atoms with E-state index in [-0.39, 0.29) is 24.2 Å². The van der Waals surface area contributed by atoms with E-state index >= 15 is 0 Å². The lowest BCUT2D eigenvalue weighted by Crippen LogP contribution is -2.48. The molecule has 0 aliphatic carbocycles. The van der Waals surface area contributed by atoms with E-state index in [2.05, 4.69) is 0 Å². The predicted molar refractivity (Wildman–Crippen MR) is 87.7 cm³/mol. The molecule has 1 heterocycles. The molecule has 1 amide bonds. The summed E-state index contributed by atoms with van der Waals surface area (Å²) in [6, 6.07) is 11.6. The highest BCUT2D eigenvalue weighted by molar-refractivity contribution is 6.00. The average Bonchev–Trinajstić information content (AvgIpc) is 2.51. The number of carbonyl (C=O) groups is 1. The Hall–Kier alpha value is -2.56. The predicted octanol–water partition coefficient (Wildman–Crippen LogP) is 3.36. The van der Waals surface area contributed by atoms with Gasteiger partial charge in [-0.2, -0.15) is 0 Å². The molecule has 3 rings (SSSR count). The van der Waals surface area contributed by atoms with Gasteiger partial charge in [-0.3, -0.25) is 4.79 Å². The maximum atomic E-state index is 14.0. The van der Waals surface area contributed by atoms with Crippen LogP contribution in [0.3, 0.4) is 0 Å². The van der Waals surface area contributed by atoms with E-state index < -0.39 is 6.10 Å². The normalized spacial score (nSPS) is 17.1. The minimum absolute atomic E-state index is 0.000186. The maximum absolute atomic E-state index is 14.0. The monoisotopic (exact) mass is 314 g/mol. The number of ether oxygens (including phenoxy) is 1. The Morgan fingerprint density at radius 3 is 2.70 bits per heavy atom. The van der Waals surface area contributed by atoms with E-state index in [4.69, 9.17) is 10.5 Å². The molecule has 0 radical (unpaired) electrons. The Morgan fingerprint density at radius 1 is 1.26 bits per heavy atom. The van der Waals surface area contributed by atoms with Crippen molar-refractivity contribution in [3.63, 3.8) is 0 Å². The number of carbonyl (C=O) groups excluding carboxylic acids is 1. The van der Waals surface area contributed by atoms with Crippen LogP contribution in [0.1, 0.15) is 19.4 Å². The summed E-state index contributed by atoms with van der Waals surface area (Å²) in [5.74, 6) is 0.0604. The maximum Gasteiger partial charge on any atom is 0.268 e. The second-order valence-electron chi connectivity index (χ2n) is 6.03. The molecular weight excluding hydrogens is 295 g/mol. The SMILES string of the molecule is CC(C)C1Oc2cc(N)ccc2N(Cc2ccccc2F)C1=O. The van der Waals surface area contributed by atoms with Crippen molar-refractivity contribution in [1.29, 1.82) is 0 Å². The number of hydrogen-bond acceptors (Lipinski definition) is 3. The van der Waals surface area contributed by atoms with Crippen LogP contribution in [-0.2, 0) is 11.3 Å². The van der Waals surface area contributed by atoms with Crippen molar-refractivity contribution >= 4 is 17.3 Å². The number of nitrogens with zero attached hydrogens (tertiary/aromatic N) is 1. The first-order chi connectivity index (χ1) is 11.0. The molecule has 0 saturated carbocycles. The van der Waals surface area contributed by atoms with Crippen LogP contribution in [0.2, 0.25) is 0 Å². The summed E-state index contributed by atoms with van der Waals surface area (Å²) in [5, 5.41) is 0. The van der Waals surface area contributed by atoms with Gasteiger partial charge in [0.1, 0.15) is 11.6 Å². The molecule has 4 nitrogen and oxygen atoms in total. The summed E-state index contributed by atoms with van der Waals surface area (Å²) in [6.07, 6.45) is -0.601. The van der Waals surface area contributed by atoms with Crippen molar-refractivity contribution in [2.45, 2.75) is 26.5 Å². The second kappa shape index (κ2) is 5.91. The Morgan fingerprint density at radius 2 is 2.00 bits per heavy atom. The van der Waals surface area contributed by atoms with Gasteiger partial charge in [-0.15, -0.1) is 0 Å². The lowest BCUT2D eigenvalue weighted by atomic mass is 10.0. The van der Waals surface area contributed by atoms with Gasteiger partial charge in [-0.25, -0.2) is 4.39 Å². The van der Waals surface area contributed by atoms with Gasteiger partial charge in [0.15, 0.2) is 6.10 Å². The smallest absolute Gasteiger partial charge is 0.268 e. The third-order valence-corrected chi connectivity index (χ3v) is 3.93. The summed E-state index contributed by atoms with van der Waals surface area (Å²) in [6.45, 7) is 4.00. The van der Waals surface area contributed by atoms with E-state index in [0.717, 1.165) is 0 Å². The lowest BCUT2D eigenvalue weighted by molar-refractivity contribution is -0.128. The van der Waals surface area contributed by atoms with Gasteiger partial charge in [0.05, 0.1) is 12.2 Å². The van der Waals surface area contributed by atoms with E-state index in [1.165, 1.54) is 6.07 Å². The first kappa shape index (κ1) is 15.3. The van der Waals surface area contributed by atoms with Crippen LogP contribution in [0.25, 0.3) is 0 Å². The number of rotatable bonds is 3. The van der Waals surface area contributed by atoms with Crippen LogP contribution in [0.5, 0.6) is 5.75 Å². The fraction of sp³-hybridized carbons (Fsp3) is 0.278. The first-order valence-corrected chi connectivity index (χ1v) is 7.58. The fourth-order valence-corrected chi connectivity index (χ4v) is 2.69. The number of anilines is 2. The van der Waals surface area contributed by atoms with Crippen LogP contribution < -0.4 is 15.4 Å². The van der Waals surface area contributed by atoms with Gasteiger partial charge in [-0.05, 0) is 24.1 Å². The average molecular weight is 314 g/mol. The molecular formula is C18H19FN2O2. The van der Waals surface area contributed by atoms with Gasteiger partial charge in [0, 0.05) is 17.3 Å². The van der Waals surface area contributed by atoms with Crippen LogP contribution in [0, 0.1) is 11.7 Å². The van der Waals surface area contributed by atoms with Crippen molar-refractivity contribution in [3.8, 4) is 5.75 Å². The van der Waals surface area contributed by atoms with Gasteiger partial charge >= 0.3 is 0 Å². The Kier molecular flexibility index (Phi) is 3.94. The standard InChI is InChI=1S/C18H19FN2O2/c1-11(2)17-18(22)21(10-12-5-3-4-6-14(12)19)15-8-7-13(20)9-16(15)23-17/h3-9,11,17H,10,20H2,1-2H3. The zero-order valence-electron chi connectivity index (χ0n) is 13.1. The number of hydrogen-bond donors (Lipinski definition) is 1. The highest BCUT2D eigenvalue weighted by atomic mass is 19.1. The molecule has 120 valence electrons. The summed E-state index contributed by atoms with van der Waals surface area (Å²) < 4.78 is 19.8. The number of fused-ring (bicyclic) bond motifs is 1. The third kappa shape index (κ3) is 2.86. The molecule has 0 saturated heterocycles. The third-order valence-electron chi connectivity index (χ3n) is 3.93. The minimum atomic E-state index is -0.601. The van der Waals surface area contributed by atoms with Crippen molar-refractivity contribution in [2.24, 2.45) is 5.92 Å². The van der Waals surface area contributed by atoms with Crippen LogP contribution >= 0.6 is 0 Å². The molecule has 2 aromatic rings. The van der Waals surface area contributed by atoms with E-state index in [1.54, 1.807) is 41.3 Å². The van der Waals surface area contributed by atoms with E-state index in [1.807, 2.05) is 13.8 Å². The molecule has 5 heteroatoms. The van der Waals surface area contributed by atoms with Crippen molar-refractivity contribution in [1.82, 2.24) is 0 Å². The molecule has 2 aromatic carbocycles. The zero-order valence-corrected chi connectivity index (χ0v) is 13.1. The first-order valence-electron chi connectivity index (χ1n) is 7.58. The molecule has 23 heavy (non-hydrogen) atoms. The van der Waals surface area contributed by atoms with E-state index in [9.17, 15) is 9.18 Å². The molecule has 0 spiro atoms. The van der Waals surface area contributed by atoms with Gasteiger partial charge in [0.2, 0.25) is 0 Å². The molecule has 1 unspecified atom stereocenters. The van der Waals surface area contributed by atoms with Crippen LogP contribution in [0.15, 0.2) is 42.5 Å². The lowest BCUT2D eigenvalue weighted by Gasteiger charge is -2.36. The Labute approximate surface area is 134 Å². The number of nitrogen functional groups attached to an aromatic ring is 1. The van der Waals surface area contributed by atoms with Crippen LogP contribution in [0.4, 0.5) is 15.8 Å². The Balaban J connectivity index is 2.03. The fourth-order valence-electron chi connectivity index (χ4n) is 2.69. The molecule has 1 aliphatic heterocycles. The van der Waals surface area contributed by atoms with Crippen LogP contribution in [-0.4, -0.2) is 12.0 Å². The highest BCUT2D eigenvalue weighted by Crippen LogP contribution is 2.38. The molecule has 1 atom stereocenters. The topological polar surface area (TPSA) is 55.6 Å². The molecule has 0 fully saturated rings. The number of benzene rings is 2. The van der Waals surface area contributed by atoms with Gasteiger partial charge < -0.3 is 15.4 Å². The summed E-state index contributed by atoms with van der Waals surface area (Å²) >= 11 is 0. The zero-order chi connectivity index (χ0) is 16.6. The van der Waals surface area contributed by atoms with Gasteiger partial charge in [0.25, 0.3) is 5.91 Å². The number of halogens is 1. The van der Waals surface area contributed by atoms with Crippen molar-refractivity contribution in [2.75, 3.05) is 10.6 Å². The van der Waals surface area contributed by atoms with E-state index in [0.29, 0.717) is 22.7 Å². The molecule has 0 aromatic heterocycles. The van der Waals surface area contributed by atoms with Crippen molar-refractivity contribution in [3.05, 3.63) is 53.8 Å². The summed E-state index contributed by atoms with van der Waals surface area (Å²) in [7, 11) is 0. The highest BCUT2D eigenvalue weighted by Gasteiger charge is 2.36. The Bertz CT molecular complexity index is 746. The number of amides is 1. The van der Waals surface area contributed by atoms with Crippen molar-refractivity contribution < 1.29 is 13.9 Å². The molecule has 2 N–H and O–H groups in total. The molecule has 0 bridgehead atoms. The summed E-state index contributed by atoms with van der Waals surface area (Å²) in [4.78, 5) is 14.3.